The van der Waals surface area contributed by atoms with Crippen LogP contribution in [0.15, 0.2) is 0 Å². The van der Waals surface area contributed by atoms with Crippen molar-refractivity contribution in [2.75, 3.05) is 32.8 Å². The fourth-order valence-corrected chi connectivity index (χ4v) is 3.28. The van der Waals surface area contributed by atoms with Crippen molar-refractivity contribution < 1.29 is 9.53 Å². The van der Waals surface area contributed by atoms with Gasteiger partial charge in [-0.15, -0.1) is 0 Å². The first-order valence-electron chi connectivity index (χ1n) is 7.97. The van der Waals surface area contributed by atoms with Crippen LogP contribution in [0.2, 0.25) is 0 Å². The summed E-state index contributed by atoms with van der Waals surface area (Å²) in [6.45, 7) is 6.03. The van der Waals surface area contributed by atoms with Crippen molar-refractivity contribution in [2.45, 2.75) is 57.9 Å². The average molecular weight is 268 g/mol. The maximum absolute atomic E-state index is 11.7. The highest BCUT2D eigenvalue weighted by Crippen LogP contribution is 2.22. The third kappa shape index (κ3) is 4.37. The van der Waals surface area contributed by atoms with Crippen molar-refractivity contribution >= 4 is 6.09 Å². The van der Waals surface area contributed by atoms with E-state index < -0.39 is 0 Å². The molecular formula is C15H28N2O2. The molecule has 4 heteroatoms. The molecule has 1 saturated heterocycles. The Labute approximate surface area is 117 Å². The molecule has 2 rings (SSSR count). The first-order valence-corrected chi connectivity index (χ1v) is 7.97. The number of amides is 1. The lowest BCUT2D eigenvalue weighted by Crippen LogP contribution is -2.52. The lowest BCUT2D eigenvalue weighted by molar-refractivity contribution is 0.0605. The van der Waals surface area contributed by atoms with Gasteiger partial charge >= 0.3 is 6.09 Å². The van der Waals surface area contributed by atoms with Gasteiger partial charge in [-0.1, -0.05) is 32.1 Å². The number of carbonyl (C=O) groups is 1. The molecule has 0 bridgehead atoms. The summed E-state index contributed by atoms with van der Waals surface area (Å²) in [7, 11) is 0. The second kappa shape index (κ2) is 7.73. The van der Waals surface area contributed by atoms with E-state index in [0.717, 1.165) is 32.2 Å². The van der Waals surface area contributed by atoms with Gasteiger partial charge in [0.25, 0.3) is 0 Å². The molecule has 19 heavy (non-hydrogen) atoms. The number of nitrogens with zero attached hydrogens (tertiary/aromatic N) is 2. The second-order valence-corrected chi connectivity index (χ2v) is 5.72. The molecule has 1 aliphatic heterocycles. The van der Waals surface area contributed by atoms with Gasteiger partial charge in [0.05, 0.1) is 6.61 Å². The van der Waals surface area contributed by atoms with Crippen LogP contribution in [0.3, 0.4) is 0 Å². The van der Waals surface area contributed by atoms with Crippen LogP contribution in [0, 0.1) is 0 Å². The highest BCUT2D eigenvalue weighted by molar-refractivity contribution is 5.67. The van der Waals surface area contributed by atoms with Gasteiger partial charge in [-0.05, 0) is 19.8 Å². The van der Waals surface area contributed by atoms with Crippen molar-refractivity contribution in [3.8, 4) is 0 Å². The largest absolute Gasteiger partial charge is 0.450 e. The Balaban J connectivity index is 1.76. The van der Waals surface area contributed by atoms with Gasteiger partial charge in [0, 0.05) is 32.2 Å². The minimum absolute atomic E-state index is 0.139. The Bertz CT molecular complexity index is 267. The Hall–Kier alpha value is -0.770. The van der Waals surface area contributed by atoms with E-state index in [4.69, 9.17) is 4.74 Å². The van der Waals surface area contributed by atoms with Crippen LogP contribution in [-0.2, 0) is 4.74 Å². The summed E-state index contributed by atoms with van der Waals surface area (Å²) in [5.41, 5.74) is 0. The van der Waals surface area contributed by atoms with Gasteiger partial charge in [0.15, 0.2) is 0 Å². The van der Waals surface area contributed by atoms with Crippen molar-refractivity contribution in [3.63, 3.8) is 0 Å². The molecule has 1 saturated carbocycles. The molecule has 0 aromatic heterocycles. The summed E-state index contributed by atoms with van der Waals surface area (Å²) in [5, 5.41) is 0. The van der Waals surface area contributed by atoms with Gasteiger partial charge in [-0.2, -0.15) is 0 Å². The molecule has 0 unspecified atom stereocenters. The molecule has 2 aliphatic rings. The monoisotopic (exact) mass is 268 g/mol. The van der Waals surface area contributed by atoms with Gasteiger partial charge in [-0.25, -0.2) is 4.79 Å². The quantitative estimate of drug-likeness (QED) is 0.772. The number of hydrogen-bond donors (Lipinski definition) is 0. The topological polar surface area (TPSA) is 32.8 Å². The first kappa shape index (κ1) is 14.6. The third-order valence-corrected chi connectivity index (χ3v) is 4.43. The summed E-state index contributed by atoms with van der Waals surface area (Å²) in [4.78, 5) is 16.1. The highest BCUT2D eigenvalue weighted by atomic mass is 16.6. The standard InChI is InChI=1S/C15H28N2O2/c1-2-19-15(18)17-12-10-16(11-13-17)14-8-6-4-3-5-7-9-14/h14H,2-13H2,1H3. The molecule has 110 valence electrons. The van der Waals surface area contributed by atoms with Crippen LogP contribution >= 0.6 is 0 Å². The minimum atomic E-state index is -0.139. The summed E-state index contributed by atoms with van der Waals surface area (Å²) in [6.07, 6.45) is 9.53. The van der Waals surface area contributed by atoms with Crippen LogP contribution in [0.1, 0.15) is 51.9 Å². The Morgan fingerprint density at radius 2 is 1.58 bits per heavy atom. The second-order valence-electron chi connectivity index (χ2n) is 5.72. The predicted molar refractivity (Wildman–Crippen MR) is 76.3 cm³/mol. The van der Waals surface area contributed by atoms with E-state index in [-0.39, 0.29) is 6.09 Å². The van der Waals surface area contributed by atoms with Crippen molar-refractivity contribution in [1.82, 2.24) is 9.80 Å². The molecule has 4 nitrogen and oxygen atoms in total. The number of rotatable bonds is 2. The maximum atomic E-state index is 11.7. The molecule has 0 spiro atoms. The SMILES string of the molecule is CCOC(=O)N1CCN(C2CCCCCCC2)CC1. The van der Waals surface area contributed by atoms with E-state index in [1.807, 2.05) is 11.8 Å². The van der Waals surface area contributed by atoms with Crippen molar-refractivity contribution in [1.29, 1.82) is 0 Å². The van der Waals surface area contributed by atoms with E-state index in [9.17, 15) is 4.79 Å². The average Bonchev–Trinajstić information content (AvgIpc) is 2.39. The zero-order valence-electron chi connectivity index (χ0n) is 12.3. The van der Waals surface area contributed by atoms with E-state index in [0.29, 0.717) is 6.61 Å². The predicted octanol–water partition coefficient (Wildman–Crippen LogP) is 2.87. The minimum Gasteiger partial charge on any atom is -0.450 e. The normalized spacial score (nSPS) is 23.7. The number of carbonyl (C=O) groups excluding carboxylic acids is 1. The molecule has 0 aromatic carbocycles. The van der Waals surface area contributed by atoms with E-state index in [1.165, 1.54) is 44.9 Å². The molecule has 1 amide bonds. The maximum Gasteiger partial charge on any atom is 0.409 e. The van der Waals surface area contributed by atoms with Gasteiger partial charge in [-0.3, -0.25) is 4.90 Å². The lowest BCUT2D eigenvalue weighted by atomic mass is 9.95. The number of ether oxygens (including phenoxy) is 1. The van der Waals surface area contributed by atoms with Crippen LogP contribution in [0.4, 0.5) is 4.79 Å². The van der Waals surface area contributed by atoms with E-state index in [2.05, 4.69) is 4.90 Å². The summed E-state index contributed by atoms with van der Waals surface area (Å²) in [6, 6.07) is 0.754. The van der Waals surface area contributed by atoms with Gasteiger partial charge in [0.1, 0.15) is 0 Å². The molecule has 1 aliphatic carbocycles. The molecule has 0 aromatic rings. The summed E-state index contributed by atoms with van der Waals surface area (Å²) >= 11 is 0. The fourth-order valence-electron chi connectivity index (χ4n) is 3.28. The fraction of sp³-hybridized carbons (Fsp3) is 0.933. The van der Waals surface area contributed by atoms with Crippen molar-refractivity contribution in [3.05, 3.63) is 0 Å². The van der Waals surface area contributed by atoms with Gasteiger partial charge in [0.2, 0.25) is 0 Å². The Morgan fingerprint density at radius 3 is 2.16 bits per heavy atom. The highest BCUT2D eigenvalue weighted by Gasteiger charge is 2.26. The molecule has 0 radical (unpaired) electrons. The van der Waals surface area contributed by atoms with Crippen molar-refractivity contribution in [2.24, 2.45) is 0 Å². The number of piperazine rings is 1. The zero-order valence-corrected chi connectivity index (χ0v) is 12.3. The van der Waals surface area contributed by atoms with Crippen LogP contribution in [-0.4, -0.2) is 54.7 Å². The van der Waals surface area contributed by atoms with Gasteiger partial charge < -0.3 is 9.64 Å². The molecule has 0 N–H and O–H groups in total. The molecular weight excluding hydrogens is 240 g/mol. The Kier molecular flexibility index (Phi) is 5.95. The molecule has 2 fully saturated rings. The third-order valence-electron chi connectivity index (χ3n) is 4.43. The summed E-state index contributed by atoms with van der Waals surface area (Å²) < 4.78 is 5.07. The van der Waals surface area contributed by atoms with E-state index >= 15 is 0 Å². The zero-order chi connectivity index (χ0) is 13.5. The Morgan fingerprint density at radius 1 is 1.00 bits per heavy atom. The van der Waals surface area contributed by atoms with Crippen LogP contribution in [0.25, 0.3) is 0 Å². The molecule has 0 atom stereocenters. The summed E-state index contributed by atoms with van der Waals surface area (Å²) in [5.74, 6) is 0. The van der Waals surface area contributed by atoms with Crippen LogP contribution < -0.4 is 0 Å². The molecule has 1 heterocycles. The lowest BCUT2D eigenvalue weighted by Gasteiger charge is -2.39. The first-order chi connectivity index (χ1) is 9.31. The van der Waals surface area contributed by atoms with E-state index in [1.54, 1.807) is 0 Å². The smallest absolute Gasteiger partial charge is 0.409 e. The number of hydrogen-bond acceptors (Lipinski definition) is 3. The van der Waals surface area contributed by atoms with Crippen LogP contribution in [0.5, 0.6) is 0 Å².